The fourth-order valence-electron chi connectivity index (χ4n) is 3.07. The van der Waals surface area contributed by atoms with Crippen LogP contribution in [0, 0.1) is 5.92 Å². The first-order valence-electron chi connectivity index (χ1n) is 8.22. The second-order valence-corrected chi connectivity index (χ2v) is 8.61. The maximum Gasteiger partial charge on any atom is 0.232 e. The molecule has 1 N–H and O–H groups in total. The Kier molecular flexibility index (Phi) is 5.87. The fraction of sp³-hybridized carbons (Fsp3) is 0.647. The highest BCUT2D eigenvalue weighted by Gasteiger charge is 2.21. The Morgan fingerprint density at radius 1 is 1.27 bits per heavy atom. The smallest absolute Gasteiger partial charge is 0.232 e. The van der Waals surface area contributed by atoms with Crippen LogP contribution < -0.4 is 4.72 Å². The summed E-state index contributed by atoms with van der Waals surface area (Å²) in [5, 5.41) is 0. The lowest BCUT2D eigenvalue weighted by molar-refractivity contribution is 0.192. The van der Waals surface area contributed by atoms with Crippen molar-refractivity contribution in [1.82, 2.24) is 4.90 Å². The molecule has 1 aromatic carbocycles. The molecule has 0 radical (unpaired) electrons. The van der Waals surface area contributed by atoms with E-state index in [0.717, 1.165) is 25.9 Å². The molecule has 2 rings (SSSR count). The number of sulfonamides is 1. The molecule has 0 aliphatic carbocycles. The van der Waals surface area contributed by atoms with Gasteiger partial charge in [-0.25, -0.2) is 8.42 Å². The number of piperidine rings is 1. The van der Waals surface area contributed by atoms with Crippen molar-refractivity contribution in [1.29, 1.82) is 0 Å². The SMILES string of the molecule is CCS(=O)(=O)Nc1cccc(C2CCN(CC(C)C)CC2)c1. The number of nitrogens with one attached hydrogen (secondary N) is 1. The molecule has 1 saturated heterocycles. The van der Waals surface area contributed by atoms with Crippen LogP contribution >= 0.6 is 0 Å². The van der Waals surface area contributed by atoms with Gasteiger partial charge in [0.25, 0.3) is 0 Å². The Bertz CT molecular complexity index is 576. The Morgan fingerprint density at radius 3 is 2.55 bits per heavy atom. The molecular formula is C17H28N2O2S. The predicted molar refractivity (Wildman–Crippen MR) is 92.8 cm³/mol. The van der Waals surface area contributed by atoms with Crippen molar-refractivity contribution < 1.29 is 8.42 Å². The molecule has 0 aromatic heterocycles. The summed E-state index contributed by atoms with van der Waals surface area (Å²) in [5.74, 6) is 1.35. The molecule has 0 saturated carbocycles. The van der Waals surface area contributed by atoms with Gasteiger partial charge in [0.1, 0.15) is 0 Å². The molecule has 5 heteroatoms. The molecule has 4 nitrogen and oxygen atoms in total. The van der Waals surface area contributed by atoms with Crippen LogP contribution in [0.15, 0.2) is 24.3 Å². The maximum atomic E-state index is 11.7. The van der Waals surface area contributed by atoms with Gasteiger partial charge in [-0.1, -0.05) is 26.0 Å². The van der Waals surface area contributed by atoms with Gasteiger partial charge in [0, 0.05) is 12.2 Å². The summed E-state index contributed by atoms with van der Waals surface area (Å²) < 4.78 is 26.0. The monoisotopic (exact) mass is 324 g/mol. The topological polar surface area (TPSA) is 49.4 Å². The van der Waals surface area contributed by atoms with E-state index in [9.17, 15) is 8.42 Å². The average molecular weight is 324 g/mol. The molecule has 1 fully saturated rings. The Balaban J connectivity index is 1.99. The second-order valence-electron chi connectivity index (χ2n) is 6.60. The number of anilines is 1. The summed E-state index contributed by atoms with van der Waals surface area (Å²) in [5.41, 5.74) is 1.93. The van der Waals surface area contributed by atoms with Crippen LogP contribution in [-0.4, -0.2) is 38.7 Å². The van der Waals surface area contributed by atoms with Crippen LogP contribution in [0.4, 0.5) is 5.69 Å². The zero-order valence-electron chi connectivity index (χ0n) is 13.9. The van der Waals surface area contributed by atoms with Crippen molar-refractivity contribution in [2.45, 2.75) is 39.5 Å². The van der Waals surface area contributed by atoms with Crippen molar-refractivity contribution in [3.63, 3.8) is 0 Å². The summed E-state index contributed by atoms with van der Waals surface area (Å²) in [4.78, 5) is 2.53. The zero-order valence-corrected chi connectivity index (χ0v) is 14.7. The Labute approximate surface area is 135 Å². The van der Waals surface area contributed by atoms with Gasteiger partial charge in [-0.05, 0) is 62.4 Å². The van der Waals surface area contributed by atoms with Crippen LogP contribution in [-0.2, 0) is 10.0 Å². The van der Waals surface area contributed by atoms with Crippen LogP contribution in [0.25, 0.3) is 0 Å². The quantitative estimate of drug-likeness (QED) is 0.873. The van der Waals surface area contributed by atoms with Gasteiger partial charge < -0.3 is 4.90 Å². The van der Waals surface area contributed by atoms with Gasteiger partial charge >= 0.3 is 0 Å². The van der Waals surface area contributed by atoms with Gasteiger partial charge in [-0.2, -0.15) is 0 Å². The lowest BCUT2D eigenvalue weighted by atomic mass is 9.89. The van der Waals surface area contributed by atoms with Crippen molar-refractivity contribution in [2.24, 2.45) is 5.92 Å². The van der Waals surface area contributed by atoms with Gasteiger partial charge in [0.2, 0.25) is 10.0 Å². The minimum atomic E-state index is -3.20. The van der Waals surface area contributed by atoms with Gasteiger partial charge in [0.15, 0.2) is 0 Å². The first kappa shape index (κ1) is 17.3. The average Bonchev–Trinajstić information content (AvgIpc) is 2.47. The molecular weight excluding hydrogens is 296 g/mol. The fourth-order valence-corrected chi connectivity index (χ4v) is 3.70. The summed E-state index contributed by atoms with van der Waals surface area (Å²) in [6, 6.07) is 7.89. The zero-order chi connectivity index (χ0) is 16.2. The molecule has 0 unspecified atom stereocenters. The third kappa shape index (κ3) is 4.99. The van der Waals surface area contributed by atoms with Crippen LogP contribution in [0.3, 0.4) is 0 Å². The van der Waals surface area contributed by atoms with Crippen LogP contribution in [0.1, 0.15) is 45.1 Å². The Morgan fingerprint density at radius 2 is 1.95 bits per heavy atom. The van der Waals surface area contributed by atoms with E-state index in [2.05, 4.69) is 29.5 Å². The number of hydrogen-bond donors (Lipinski definition) is 1. The van der Waals surface area contributed by atoms with E-state index in [1.165, 1.54) is 12.1 Å². The summed E-state index contributed by atoms with van der Waals surface area (Å²) in [7, 11) is -3.20. The van der Waals surface area contributed by atoms with E-state index in [0.29, 0.717) is 17.5 Å². The molecule has 1 aliphatic rings. The first-order chi connectivity index (χ1) is 10.4. The van der Waals surface area contributed by atoms with Crippen LogP contribution in [0.5, 0.6) is 0 Å². The lowest BCUT2D eigenvalue weighted by Crippen LogP contribution is -2.35. The molecule has 0 atom stereocenters. The standard InChI is InChI=1S/C17H28N2O2S/c1-4-22(20,21)18-17-7-5-6-16(12-17)15-8-10-19(11-9-15)13-14(2)3/h5-7,12,14-15,18H,4,8-11,13H2,1-3H3. The Hall–Kier alpha value is -1.07. The van der Waals surface area contributed by atoms with E-state index in [1.807, 2.05) is 18.2 Å². The molecule has 0 spiro atoms. The van der Waals surface area contributed by atoms with E-state index >= 15 is 0 Å². The minimum Gasteiger partial charge on any atom is -0.303 e. The maximum absolute atomic E-state index is 11.7. The number of rotatable bonds is 6. The normalized spacial score (nSPS) is 17.8. The van der Waals surface area contributed by atoms with Crippen molar-refractivity contribution in [3.8, 4) is 0 Å². The van der Waals surface area contributed by atoms with Gasteiger partial charge in [-0.15, -0.1) is 0 Å². The predicted octanol–water partition coefficient (Wildman–Crippen LogP) is 3.28. The summed E-state index contributed by atoms with van der Waals surface area (Å²) >= 11 is 0. The highest BCUT2D eigenvalue weighted by atomic mass is 32.2. The molecule has 22 heavy (non-hydrogen) atoms. The molecule has 124 valence electrons. The molecule has 0 bridgehead atoms. The highest BCUT2D eigenvalue weighted by molar-refractivity contribution is 7.92. The number of nitrogens with zero attached hydrogens (tertiary/aromatic N) is 1. The van der Waals surface area contributed by atoms with Crippen molar-refractivity contribution in [2.75, 3.05) is 30.1 Å². The highest BCUT2D eigenvalue weighted by Crippen LogP contribution is 2.30. The number of hydrogen-bond acceptors (Lipinski definition) is 3. The largest absolute Gasteiger partial charge is 0.303 e. The first-order valence-corrected chi connectivity index (χ1v) is 9.87. The third-order valence-electron chi connectivity index (χ3n) is 4.22. The second kappa shape index (κ2) is 7.47. The van der Waals surface area contributed by atoms with E-state index in [4.69, 9.17) is 0 Å². The molecule has 1 aliphatic heterocycles. The van der Waals surface area contributed by atoms with Gasteiger partial charge in [-0.3, -0.25) is 4.72 Å². The van der Waals surface area contributed by atoms with Gasteiger partial charge in [0.05, 0.1) is 5.75 Å². The minimum absolute atomic E-state index is 0.102. The van der Waals surface area contributed by atoms with E-state index < -0.39 is 10.0 Å². The number of benzene rings is 1. The third-order valence-corrected chi connectivity index (χ3v) is 5.53. The van der Waals surface area contributed by atoms with Crippen molar-refractivity contribution >= 4 is 15.7 Å². The summed E-state index contributed by atoms with van der Waals surface area (Å²) in [6.45, 7) is 9.60. The molecule has 1 heterocycles. The summed E-state index contributed by atoms with van der Waals surface area (Å²) in [6.07, 6.45) is 2.30. The van der Waals surface area contributed by atoms with E-state index in [-0.39, 0.29) is 5.75 Å². The lowest BCUT2D eigenvalue weighted by Gasteiger charge is -2.33. The van der Waals surface area contributed by atoms with Crippen molar-refractivity contribution in [3.05, 3.63) is 29.8 Å². The van der Waals surface area contributed by atoms with E-state index in [1.54, 1.807) is 6.92 Å². The molecule has 1 aromatic rings. The number of likely N-dealkylation sites (tertiary alicyclic amines) is 1. The molecule has 0 amide bonds. The van der Waals surface area contributed by atoms with Crippen LogP contribution in [0.2, 0.25) is 0 Å².